The van der Waals surface area contributed by atoms with Gasteiger partial charge in [0.05, 0.1) is 7.11 Å². The lowest BCUT2D eigenvalue weighted by Crippen LogP contribution is -2.28. The van der Waals surface area contributed by atoms with E-state index in [0.29, 0.717) is 0 Å². The Morgan fingerprint density at radius 3 is 2.88 bits per heavy atom. The van der Waals surface area contributed by atoms with Gasteiger partial charge >= 0.3 is 0 Å². The number of rotatable bonds is 7. The molecule has 0 saturated carbocycles. The van der Waals surface area contributed by atoms with Gasteiger partial charge in [-0.3, -0.25) is 11.3 Å². The molecule has 0 amide bonds. The van der Waals surface area contributed by atoms with Crippen LogP contribution in [0.4, 0.5) is 0 Å². The summed E-state index contributed by atoms with van der Waals surface area (Å²) in [7, 11) is 1.69. The van der Waals surface area contributed by atoms with Crippen molar-refractivity contribution in [3.63, 3.8) is 0 Å². The van der Waals surface area contributed by atoms with Crippen molar-refractivity contribution in [3.8, 4) is 5.75 Å². The van der Waals surface area contributed by atoms with E-state index in [-0.39, 0.29) is 6.04 Å². The Morgan fingerprint density at radius 1 is 1.53 bits per heavy atom. The summed E-state index contributed by atoms with van der Waals surface area (Å²) in [6.07, 6.45) is 4.98. The predicted octanol–water partition coefficient (Wildman–Crippen LogP) is 2.86. The van der Waals surface area contributed by atoms with E-state index in [0.717, 1.165) is 30.6 Å². The molecule has 3 nitrogen and oxygen atoms in total. The van der Waals surface area contributed by atoms with E-state index in [2.05, 4.69) is 31.1 Å². The molecule has 94 valence electrons. The van der Waals surface area contributed by atoms with E-state index in [4.69, 9.17) is 10.6 Å². The number of methoxy groups -OCH3 is 1. The molecule has 0 fully saturated rings. The van der Waals surface area contributed by atoms with Gasteiger partial charge < -0.3 is 4.74 Å². The third-order valence-corrected chi connectivity index (χ3v) is 2.87. The van der Waals surface area contributed by atoms with Crippen LogP contribution in [0.15, 0.2) is 30.9 Å². The van der Waals surface area contributed by atoms with Crippen LogP contribution in [-0.2, 0) is 0 Å². The molecular weight excluding hydrogens is 212 g/mol. The summed E-state index contributed by atoms with van der Waals surface area (Å²) in [6, 6.07) is 6.32. The Hall–Kier alpha value is -1.32. The maximum Gasteiger partial charge on any atom is 0.123 e. The maximum absolute atomic E-state index is 5.62. The lowest BCUT2D eigenvalue weighted by atomic mass is 9.99. The molecule has 1 aromatic rings. The number of hydrogen-bond acceptors (Lipinski definition) is 3. The van der Waals surface area contributed by atoms with Gasteiger partial charge in [-0.1, -0.05) is 18.2 Å². The molecule has 1 unspecified atom stereocenters. The molecule has 3 N–H and O–H groups in total. The second-order valence-corrected chi connectivity index (χ2v) is 4.18. The fourth-order valence-electron chi connectivity index (χ4n) is 1.90. The Morgan fingerprint density at radius 2 is 2.29 bits per heavy atom. The molecule has 0 spiro atoms. The van der Waals surface area contributed by atoms with Gasteiger partial charge in [-0.15, -0.1) is 6.58 Å². The van der Waals surface area contributed by atoms with Gasteiger partial charge in [-0.05, 0) is 37.8 Å². The molecule has 1 rings (SSSR count). The number of unbranched alkanes of at least 4 members (excludes halogenated alkanes) is 1. The minimum Gasteiger partial charge on any atom is -0.496 e. The molecule has 0 aliphatic rings. The van der Waals surface area contributed by atoms with Crippen molar-refractivity contribution in [1.82, 2.24) is 5.43 Å². The Balaban J connectivity index is 2.82. The monoisotopic (exact) mass is 234 g/mol. The van der Waals surface area contributed by atoms with E-state index in [1.54, 1.807) is 7.11 Å². The van der Waals surface area contributed by atoms with E-state index >= 15 is 0 Å². The first-order chi connectivity index (χ1) is 8.22. The van der Waals surface area contributed by atoms with Crippen LogP contribution in [0.25, 0.3) is 0 Å². The average molecular weight is 234 g/mol. The highest BCUT2D eigenvalue weighted by atomic mass is 16.5. The summed E-state index contributed by atoms with van der Waals surface area (Å²) >= 11 is 0. The van der Waals surface area contributed by atoms with Crippen molar-refractivity contribution in [3.05, 3.63) is 42.0 Å². The predicted molar refractivity (Wildman–Crippen MR) is 71.8 cm³/mol. The zero-order valence-corrected chi connectivity index (χ0v) is 10.7. The van der Waals surface area contributed by atoms with Crippen LogP contribution in [0.5, 0.6) is 5.75 Å². The van der Waals surface area contributed by atoms with Gasteiger partial charge in [-0.2, -0.15) is 0 Å². The molecule has 0 radical (unpaired) electrons. The molecule has 1 atom stereocenters. The molecule has 17 heavy (non-hydrogen) atoms. The number of allylic oxidation sites excluding steroid dienone is 1. The average Bonchev–Trinajstić information content (AvgIpc) is 2.35. The molecule has 0 bridgehead atoms. The molecular formula is C14H22N2O. The highest BCUT2D eigenvalue weighted by Gasteiger charge is 2.14. The summed E-state index contributed by atoms with van der Waals surface area (Å²) in [6.45, 7) is 5.78. The number of benzene rings is 1. The summed E-state index contributed by atoms with van der Waals surface area (Å²) in [5, 5.41) is 0. The first kappa shape index (κ1) is 13.7. The lowest BCUT2D eigenvalue weighted by Gasteiger charge is -2.19. The normalized spacial score (nSPS) is 12.2. The van der Waals surface area contributed by atoms with Gasteiger partial charge in [0.2, 0.25) is 0 Å². The number of hydrogen-bond donors (Lipinski definition) is 2. The fraction of sp³-hybridized carbons (Fsp3) is 0.429. The van der Waals surface area contributed by atoms with Crippen LogP contribution < -0.4 is 16.0 Å². The molecule has 3 heteroatoms. The summed E-state index contributed by atoms with van der Waals surface area (Å²) in [5.41, 5.74) is 5.16. The second kappa shape index (κ2) is 7.09. The van der Waals surface area contributed by atoms with Crippen LogP contribution in [-0.4, -0.2) is 7.11 Å². The van der Waals surface area contributed by atoms with Crippen LogP contribution >= 0.6 is 0 Å². The van der Waals surface area contributed by atoms with Crippen molar-refractivity contribution >= 4 is 0 Å². The smallest absolute Gasteiger partial charge is 0.123 e. The molecule has 0 aromatic heterocycles. The number of nitrogens with one attached hydrogen (secondary N) is 1. The molecule has 0 saturated heterocycles. The van der Waals surface area contributed by atoms with E-state index in [1.807, 2.05) is 12.1 Å². The molecule has 0 aliphatic heterocycles. The third kappa shape index (κ3) is 3.88. The standard InChI is InChI=1S/C14H22N2O/c1-4-5-6-7-13(16-15)12-9-8-11(2)10-14(12)17-3/h4,8-10,13,16H,1,5-7,15H2,2-3H3. The number of hydrazine groups is 1. The Labute approximate surface area is 104 Å². The van der Waals surface area contributed by atoms with E-state index in [1.165, 1.54) is 5.56 Å². The Kier molecular flexibility index (Phi) is 5.73. The van der Waals surface area contributed by atoms with E-state index in [9.17, 15) is 0 Å². The second-order valence-electron chi connectivity index (χ2n) is 4.18. The van der Waals surface area contributed by atoms with Gasteiger partial charge in [0.1, 0.15) is 5.75 Å². The molecule has 0 aliphatic carbocycles. The first-order valence-corrected chi connectivity index (χ1v) is 5.94. The third-order valence-electron chi connectivity index (χ3n) is 2.87. The van der Waals surface area contributed by atoms with Crippen LogP contribution in [0, 0.1) is 6.92 Å². The number of aryl methyl sites for hydroxylation is 1. The summed E-state index contributed by atoms with van der Waals surface area (Å²) in [5.74, 6) is 6.51. The topological polar surface area (TPSA) is 47.3 Å². The zero-order valence-electron chi connectivity index (χ0n) is 10.7. The zero-order chi connectivity index (χ0) is 12.7. The van der Waals surface area contributed by atoms with Crippen LogP contribution in [0.2, 0.25) is 0 Å². The maximum atomic E-state index is 5.62. The highest BCUT2D eigenvalue weighted by molar-refractivity contribution is 5.39. The van der Waals surface area contributed by atoms with Crippen molar-refractivity contribution in [2.24, 2.45) is 5.84 Å². The van der Waals surface area contributed by atoms with E-state index < -0.39 is 0 Å². The highest BCUT2D eigenvalue weighted by Crippen LogP contribution is 2.28. The van der Waals surface area contributed by atoms with Crippen LogP contribution in [0.3, 0.4) is 0 Å². The largest absolute Gasteiger partial charge is 0.496 e. The number of ether oxygens (including phenoxy) is 1. The van der Waals surface area contributed by atoms with Crippen molar-refractivity contribution < 1.29 is 4.74 Å². The van der Waals surface area contributed by atoms with Gasteiger partial charge in [-0.25, -0.2) is 0 Å². The van der Waals surface area contributed by atoms with Crippen molar-refractivity contribution in [2.45, 2.75) is 32.2 Å². The quantitative estimate of drug-likeness (QED) is 0.330. The van der Waals surface area contributed by atoms with Crippen molar-refractivity contribution in [1.29, 1.82) is 0 Å². The molecule has 0 heterocycles. The first-order valence-electron chi connectivity index (χ1n) is 5.94. The minimum absolute atomic E-state index is 0.130. The SMILES string of the molecule is C=CCCCC(NN)c1ccc(C)cc1OC. The Bertz CT molecular complexity index is 363. The molecule has 1 aromatic carbocycles. The van der Waals surface area contributed by atoms with Gasteiger partial charge in [0.25, 0.3) is 0 Å². The summed E-state index contributed by atoms with van der Waals surface area (Å²) < 4.78 is 5.40. The number of nitrogens with two attached hydrogens (primary N) is 1. The van der Waals surface area contributed by atoms with Gasteiger partial charge in [0.15, 0.2) is 0 Å². The fourth-order valence-corrected chi connectivity index (χ4v) is 1.90. The van der Waals surface area contributed by atoms with Crippen LogP contribution in [0.1, 0.15) is 36.4 Å². The van der Waals surface area contributed by atoms with Crippen molar-refractivity contribution in [2.75, 3.05) is 7.11 Å². The lowest BCUT2D eigenvalue weighted by molar-refractivity contribution is 0.394. The summed E-state index contributed by atoms with van der Waals surface area (Å²) in [4.78, 5) is 0. The minimum atomic E-state index is 0.130. The van der Waals surface area contributed by atoms with Gasteiger partial charge in [0, 0.05) is 11.6 Å².